The van der Waals surface area contributed by atoms with E-state index in [4.69, 9.17) is 9.47 Å². The Morgan fingerprint density at radius 1 is 1.11 bits per heavy atom. The van der Waals surface area contributed by atoms with Crippen LogP contribution in [0.25, 0.3) is 16.6 Å². The maximum atomic E-state index is 13.8. The highest BCUT2D eigenvalue weighted by Gasteiger charge is 2.33. The number of sulfonamides is 1. The van der Waals surface area contributed by atoms with Crippen molar-refractivity contribution in [3.63, 3.8) is 0 Å². The summed E-state index contributed by atoms with van der Waals surface area (Å²) in [5.74, 6) is 0.524. The van der Waals surface area contributed by atoms with Gasteiger partial charge in [0.05, 0.1) is 25.5 Å². The molecule has 12 heteroatoms. The van der Waals surface area contributed by atoms with Crippen molar-refractivity contribution < 1.29 is 22.7 Å². The molecule has 1 aliphatic heterocycles. The molecular formula is C33H32N6O5S. The van der Waals surface area contributed by atoms with Gasteiger partial charge in [0.15, 0.2) is 0 Å². The molecule has 3 aromatic carbocycles. The Kier molecular flexibility index (Phi) is 8.09. The highest BCUT2D eigenvalue weighted by molar-refractivity contribution is 7.89. The number of carbonyl (C=O) groups excluding carboxylic acids is 1. The second kappa shape index (κ2) is 12.1. The Hall–Kier alpha value is -5.07. The fourth-order valence-corrected chi connectivity index (χ4v) is 7.05. The molecule has 5 aromatic rings. The Balaban J connectivity index is 1.44. The quantitative estimate of drug-likeness (QED) is 0.258. The largest absolute Gasteiger partial charge is 0.494 e. The molecule has 0 saturated heterocycles. The van der Waals surface area contributed by atoms with E-state index in [2.05, 4.69) is 20.6 Å². The van der Waals surface area contributed by atoms with Crippen LogP contribution in [0, 0.1) is 6.92 Å². The van der Waals surface area contributed by atoms with Gasteiger partial charge in [-0.1, -0.05) is 29.5 Å². The highest BCUT2D eigenvalue weighted by Crippen LogP contribution is 2.35. The van der Waals surface area contributed by atoms with E-state index in [1.165, 1.54) is 10.4 Å². The van der Waals surface area contributed by atoms with Crippen LogP contribution in [0.15, 0.2) is 90.1 Å². The molecule has 0 radical (unpaired) electrons. The van der Waals surface area contributed by atoms with E-state index in [-0.39, 0.29) is 30.0 Å². The van der Waals surface area contributed by atoms with Crippen molar-refractivity contribution in [2.24, 2.45) is 7.05 Å². The van der Waals surface area contributed by atoms with E-state index in [0.717, 1.165) is 11.1 Å². The summed E-state index contributed by atoms with van der Waals surface area (Å²) in [7, 11) is -0.499. The van der Waals surface area contributed by atoms with Crippen molar-refractivity contribution in [1.82, 2.24) is 24.3 Å². The van der Waals surface area contributed by atoms with Gasteiger partial charge < -0.3 is 14.8 Å². The van der Waals surface area contributed by atoms with Gasteiger partial charge in [0.2, 0.25) is 15.9 Å². The van der Waals surface area contributed by atoms with Gasteiger partial charge >= 0.3 is 0 Å². The van der Waals surface area contributed by atoms with Crippen molar-refractivity contribution >= 4 is 38.2 Å². The van der Waals surface area contributed by atoms with E-state index in [1.807, 2.05) is 44.2 Å². The number of fused-ring (bicyclic) bond motifs is 2. The molecule has 0 saturated carbocycles. The summed E-state index contributed by atoms with van der Waals surface area (Å²) in [6, 6.07) is 19.6. The standard InChI is InChI=1S/C33H32N6O5S/c1-21-11-12-23(14-25(21)20-39-19-22(2)44-29-9-5-6-10-31(29)45(39,41)42)27(17-32(40)35-26-8-7-13-34-18-26)24-15-28-33(30(16-24)43-4)38(3)37-36-28/h5-18,22H,19-20H2,1-4H3,(H,35,40)/t22-/m1/s1. The van der Waals surface area contributed by atoms with E-state index < -0.39 is 10.0 Å². The molecule has 1 amide bonds. The Morgan fingerprint density at radius 3 is 2.71 bits per heavy atom. The van der Waals surface area contributed by atoms with Crippen LogP contribution in [0.4, 0.5) is 5.69 Å². The smallest absolute Gasteiger partial charge is 0.249 e. The predicted octanol–water partition coefficient (Wildman–Crippen LogP) is 4.72. The zero-order valence-electron chi connectivity index (χ0n) is 25.3. The first-order valence-corrected chi connectivity index (χ1v) is 15.7. The average Bonchev–Trinajstić information content (AvgIpc) is 3.37. The lowest BCUT2D eigenvalue weighted by atomic mass is 9.93. The number of pyridine rings is 1. The molecule has 0 spiro atoms. The number of methoxy groups -OCH3 is 1. The molecule has 6 rings (SSSR count). The minimum absolute atomic E-state index is 0.117. The summed E-state index contributed by atoms with van der Waals surface area (Å²) in [5.41, 5.74) is 5.52. The minimum Gasteiger partial charge on any atom is -0.494 e. The lowest BCUT2D eigenvalue weighted by Gasteiger charge is -2.23. The molecule has 0 fully saturated rings. The summed E-state index contributed by atoms with van der Waals surface area (Å²) < 4.78 is 42.3. The van der Waals surface area contributed by atoms with Crippen LogP contribution in [0.2, 0.25) is 0 Å². The van der Waals surface area contributed by atoms with Gasteiger partial charge in [-0.25, -0.2) is 13.1 Å². The zero-order valence-corrected chi connectivity index (χ0v) is 26.1. The second-order valence-electron chi connectivity index (χ2n) is 10.9. The van der Waals surface area contributed by atoms with Gasteiger partial charge in [-0.15, -0.1) is 5.10 Å². The minimum atomic E-state index is -3.85. The Labute approximate surface area is 261 Å². The number of carbonyl (C=O) groups is 1. The molecule has 230 valence electrons. The normalized spacial score (nSPS) is 16.4. The summed E-state index contributed by atoms with van der Waals surface area (Å²) >= 11 is 0. The monoisotopic (exact) mass is 624 g/mol. The first-order valence-electron chi connectivity index (χ1n) is 14.3. The summed E-state index contributed by atoms with van der Waals surface area (Å²) in [6.45, 7) is 4.08. The Bertz CT molecular complexity index is 2040. The Morgan fingerprint density at radius 2 is 1.93 bits per heavy atom. The topological polar surface area (TPSA) is 129 Å². The molecule has 0 bridgehead atoms. The lowest BCUT2D eigenvalue weighted by molar-refractivity contribution is -0.111. The van der Waals surface area contributed by atoms with Crippen molar-refractivity contribution in [3.8, 4) is 11.5 Å². The van der Waals surface area contributed by atoms with Crippen molar-refractivity contribution in [3.05, 3.63) is 107 Å². The summed E-state index contributed by atoms with van der Waals surface area (Å²) in [4.78, 5) is 17.6. The van der Waals surface area contributed by atoms with Crippen LogP contribution < -0.4 is 14.8 Å². The van der Waals surface area contributed by atoms with E-state index >= 15 is 0 Å². The van der Waals surface area contributed by atoms with Gasteiger partial charge in [-0.05, 0) is 84.1 Å². The number of amides is 1. The number of hydrogen-bond donors (Lipinski definition) is 1. The van der Waals surface area contributed by atoms with Crippen LogP contribution in [-0.2, 0) is 28.4 Å². The maximum Gasteiger partial charge on any atom is 0.249 e. The number of benzene rings is 3. The fourth-order valence-electron chi connectivity index (χ4n) is 5.43. The summed E-state index contributed by atoms with van der Waals surface area (Å²) in [5, 5.41) is 11.3. The van der Waals surface area contributed by atoms with Crippen LogP contribution >= 0.6 is 0 Å². The molecule has 1 atom stereocenters. The summed E-state index contributed by atoms with van der Waals surface area (Å²) in [6.07, 6.45) is 4.34. The zero-order chi connectivity index (χ0) is 31.7. The van der Waals surface area contributed by atoms with Gasteiger partial charge in [-0.2, -0.15) is 4.31 Å². The third-order valence-electron chi connectivity index (χ3n) is 7.66. The van der Waals surface area contributed by atoms with Crippen LogP contribution in [0.5, 0.6) is 11.5 Å². The number of aryl methyl sites for hydroxylation is 2. The van der Waals surface area contributed by atoms with E-state index in [1.54, 1.807) is 67.6 Å². The molecular weight excluding hydrogens is 592 g/mol. The second-order valence-corrected chi connectivity index (χ2v) is 12.8. The third kappa shape index (κ3) is 6.02. The number of rotatable bonds is 7. The molecule has 1 N–H and O–H groups in total. The lowest BCUT2D eigenvalue weighted by Crippen LogP contribution is -2.35. The average molecular weight is 625 g/mol. The number of para-hydroxylation sites is 1. The van der Waals surface area contributed by atoms with Crippen molar-refractivity contribution in [2.75, 3.05) is 19.0 Å². The molecule has 2 aromatic heterocycles. The fraction of sp³-hybridized carbons (Fsp3) is 0.212. The molecule has 3 heterocycles. The first-order chi connectivity index (χ1) is 21.6. The molecule has 1 aliphatic rings. The first kappa shape index (κ1) is 30.0. The van der Waals surface area contributed by atoms with Gasteiger partial charge in [0, 0.05) is 25.9 Å². The number of aromatic nitrogens is 4. The number of nitrogens with zero attached hydrogens (tertiary/aromatic N) is 5. The third-order valence-corrected chi connectivity index (χ3v) is 9.51. The van der Waals surface area contributed by atoms with Gasteiger partial charge in [-0.3, -0.25) is 9.78 Å². The number of anilines is 1. The molecule has 45 heavy (non-hydrogen) atoms. The van der Waals surface area contributed by atoms with Crippen LogP contribution in [-0.4, -0.2) is 58.4 Å². The number of nitrogens with one attached hydrogen (secondary N) is 1. The van der Waals surface area contributed by atoms with E-state index in [9.17, 15) is 13.2 Å². The van der Waals surface area contributed by atoms with Gasteiger partial charge in [0.25, 0.3) is 0 Å². The number of ether oxygens (including phenoxy) is 2. The van der Waals surface area contributed by atoms with Crippen molar-refractivity contribution in [1.29, 1.82) is 0 Å². The molecule has 0 unspecified atom stereocenters. The predicted molar refractivity (Wildman–Crippen MR) is 170 cm³/mol. The number of hydrogen-bond acceptors (Lipinski definition) is 8. The van der Waals surface area contributed by atoms with Gasteiger partial charge in [0.1, 0.15) is 33.5 Å². The molecule has 0 aliphatic carbocycles. The molecule has 11 nitrogen and oxygen atoms in total. The highest BCUT2D eigenvalue weighted by atomic mass is 32.2. The van der Waals surface area contributed by atoms with Crippen LogP contribution in [0.3, 0.4) is 0 Å². The van der Waals surface area contributed by atoms with Crippen molar-refractivity contribution in [2.45, 2.75) is 31.4 Å². The van der Waals surface area contributed by atoms with E-state index in [0.29, 0.717) is 44.9 Å². The SMILES string of the molecule is COc1cc(C(=CC(=O)Nc2cccnc2)c2ccc(C)c(CN3C[C@@H](C)Oc4ccccc4S3(=O)=O)c2)cc2nnn(C)c12. The van der Waals surface area contributed by atoms with Crippen LogP contribution in [0.1, 0.15) is 29.2 Å². The maximum absolute atomic E-state index is 13.8.